The average molecular weight is 512 g/mol. The van der Waals surface area contributed by atoms with Crippen LogP contribution in [0.5, 0.6) is 17.4 Å². The van der Waals surface area contributed by atoms with Crippen LogP contribution in [-0.4, -0.2) is 58.9 Å². The molecule has 192 valence electrons. The summed E-state index contributed by atoms with van der Waals surface area (Å²) in [6.07, 6.45) is -3.38. The standard InChI is InChI=1S/C27H24F3N3O4/c1-36-23-16-19(15-22(31-23)27(28,29)30)25(35)33-14-13-32(17-26(33)11-12-26)24(34)18-7-9-21(10-8-18)37-20-5-3-2-4-6-20/h2-10,15-16H,11-14,17H2,1H3. The summed E-state index contributed by atoms with van der Waals surface area (Å²) >= 11 is 0. The smallest absolute Gasteiger partial charge is 0.433 e. The van der Waals surface area contributed by atoms with Crippen molar-refractivity contribution in [1.82, 2.24) is 14.8 Å². The zero-order valence-electron chi connectivity index (χ0n) is 20.0. The number of para-hydroxylation sites is 1. The van der Waals surface area contributed by atoms with Gasteiger partial charge in [-0.1, -0.05) is 18.2 Å². The van der Waals surface area contributed by atoms with Crippen LogP contribution in [0.1, 0.15) is 39.3 Å². The summed E-state index contributed by atoms with van der Waals surface area (Å²) in [7, 11) is 1.20. The highest BCUT2D eigenvalue weighted by Crippen LogP contribution is 2.45. The molecule has 37 heavy (non-hydrogen) atoms. The van der Waals surface area contributed by atoms with Gasteiger partial charge in [-0.2, -0.15) is 13.2 Å². The monoisotopic (exact) mass is 511 g/mol. The molecule has 1 saturated heterocycles. The van der Waals surface area contributed by atoms with Crippen molar-refractivity contribution in [3.05, 3.63) is 83.6 Å². The van der Waals surface area contributed by atoms with E-state index in [-0.39, 0.29) is 30.4 Å². The molecule has 7 nitrogen and oxygen atoms in total. The summed E-state index contributed by atoms with van der Waals surface area (Å²) in [6.45, 7) is 0.795. The molecule has 2 aliphatic rings. The van der Waals surface area contributed by atoms with Crippen molar-refractivity contribution in [2.45, 2.75) is 24.6 Å². The fraction of sp³-hybridized carbons (Fsp3) is 0.296. The van der Waals surface area contributed by atoms with Crippen LogP contribution < -0.4 is 9.47 Å². The van der Waals surface area contributed by atoms with Crippen molar-refractivity contribution in [3.63, 3.8) is 0 Å². The van der Waals surface area contributed by atoms with Crippen molar-refractivity contribution in [2.24, 2.45) is 0 Å². The minimum atomic E-state index is -4.71. The maximum absolute atomic E-state index is 13.3. The maximum Gasteiger partial charge on any atom is 0.433 e. The van der Waals surface area contributed by atoms with E-state index in [0.29, 0.717) is 36.4 Å². The first-order valence-corrected chi connectivity index (χ1v) is 11.8. The summed E-state index contributed by atoms with van der Waals surface area (Å²) in [5.74, 6) is 0.305. The Bertz CT molecular complexity index is 1310. The molecule has 1 aliphatic carbocycles. The second kappa shape index (κ2) is 9.42. The lowest BCUT2D eigenvalue weighted by molar-refractivity contribution is -0.141. The van der Waals surface area contributed by atoms with E-state index in [1.165, 1.54) is 13.2 Å². The molecular formula is C27H24F3N3O4. The van der Waals surface area contributed by atoms with Gasteiger partial charge in [-0.25, -0.2) is 4.98 Å². The minimum Gasteiger partial charge on any atom is -0.481 e. The highest BCUT2D eigenvalue weighted by atomic mass is 19.4. The molecule has 0 unspecified atom stereocenters. The van der Waals surface area contributed by atoms with Gasteiger partial charge in [-0.05, 0) is 55.3 Å². The molecule has 2 heterocycles. The van der Waals surface area contributed by atoms with E-state index in [0.717, 1.165) is 6.07 Å². The number of hydrogen-bond acceptors (Lipinski definition) is 5. The Balaban J connectivity index is 1.29. The van der Waals surface area contributed by atoms with Gasteiger partial charge in [0, 0.05) is 36.8 Å². The first-order valence-electron chi connectivity index (χ1n) is 11.8. The SMILES string of the molecule is COc1cc(C(=O)N2CCN(C(=O)c3ccc(Oc4ccccc4)cc3)CC23CC3)cc(C(F)(F)F)n1. The van der Waals surface area contributed by atoms with Gasteiger partial charge < -0.3 is 19.3 Å². The highest BCUT2D eigenvalue weighted by molar-refractivity contribution is 5.97. The van der Waals surface area contributed by atoms with Gasteiger partial charge in [0.05, 0.1) is 12.6 Å². The molecule has 3 aromatic rings. The molecule has 0 N–H and O–H groups in total. The van der Waals surface area contributed by atoms with E-state index >= 15 is 0 Å². The van der Waals surface area contributed by atoms with Gasteiger partial charge in [0.1, 0.15) is 17.2 Å². The second-order valence-electron chi connectivity index (χ2n) is 9.13. The van der Waals surface area contributed by atoms with Crippen molar-refractivity contribution < 1.29 is 32.2 Å². The van der Waals surface area contributed by atoms with Crippen molar-refractivity contribution in [1.29, 1.82) is 0 Å². The second-order valence-corrected chi connectivity index (χ2v) is 9.13. The number of piperazine rings is 1. The molecular weight excluding hydrogens is 487 g/mol. The average Bonchev–Trinajstić information content (AvgIpc) is 3.67. The number of pyridine rings is 1. The van der Waals surface area contributed by atoms with E-state index in [1.807, 2.05) is 30.3 Å². The number of rotatable bonds is 5. The van der Waals surface area contributed by atoms with Crippen LogP contribution in [0.15, 0.2) is 66.7 Å². The minimum absolute atomic E-state index is 0.140. The summed E-state index contributed by atoms with van der Waals surface area (Å²) < 4.78 is 50.6. The number of carbonyl (C=O) groups is 2. The largest absolute Gasteiger partial charge is 0.481 e. The molecule has 0 radical (unpaired) electrons. The van der Waals surface area contributed by atoms with Crippen LogP contribution in [0.4, 0.5) is 13.2 Å². The Morgan fingerprint density at radius 1 is 0.892 bits per heavy atom. The number of ether oxygens (including phenoxy) is 2. The molecule has 1 aromatic heterocycles. The van der Waals surface area contributed by atoms with Crippen LogP contribution in [-0.2, 0) is 6.18 Å². The number of methoxy groups -OCH3 is 1. The summed E-state index contributed by atoms with van der Waals surface area (Å²) in [6, 6.07) is 18.1. The first kappa shape index (κ1) is 24.6. The number of halogens is 3. The van der Waals surface area contributed by atoms with Gasteiger partial charge in [0.15, 0.2) is 0 Å². The molecule has 1 saturated carbocycles. The van der Waals surface area contributed by atoms with Crippen LogP contribution in [0, 0.1) is 0 Å². The number of benzene rings is 2. The van der Waals surface area contributed by atoms with E-state index in [4.69, 9.17) is 9.47 Å². The van der Waals surface area contributed by atoms with E-state index < -0.39 is 23.3 Å². The number of alkyl halides is 3. The number of aromatic nitrogens is 1. The highest BCUT2D eigenvalue weighted by Gasteiger charge is 2.54. The zero-order valence-corrected chi connectivity index (χ0v) is 20.0. The van der Waals surface area contributed by atoms with Crippen molar-refractivity contribution >= 4 is 11.8 Å². The molecule has 0 bridgehead atoms. The Morgan fingerprint density at radius 2 is 1.57 bits per heavy atom. The quantitative estimate of drug-likeness (QED) is 0.481. The zero-order chi connectivity index (χ0) is 26.2. The third-order valence-corrected chi connectivity index (χ3v) is 6.64. The Kier molecular flexibility index (Phi) is 6.26. The maximum atomic E-state index is 13.3. The van der Waals surface area contributed by atoms with Gasteiger partial charge in [0.25, 0.3) is 11.8 Å². The molecule has 1 aliphatic heterocycles. The lowest BCUT2D eigenvalue weighted by Crippen LogP contribution is -2.58. The van der Waals surface area contributed by atoms with Crippen LogP contribution in [0.2, 0.25) is 0 Å². The lowest BCUT2D eigenvalue weighted by atomic mass is 10.1. The van der Waals surface area contributed by atoms with E-state index in [9.17, 15) is 22.8 Å². The topological polar surface area (TPSA) is 72.0 Å². The number of nitrogens with zero attached hydrogens (tertiary/aromatic N) is 3. The fourth-order valence-electron chi connectivity index (χ4n) is 4.55. The van der Waals surface area contributed by atoms with Crippen LogP contribution in [0.25, 0.3) is 0 Å². The van der Waals surface area contributed by atoms with Gasteiger partial charge in [0.2, 0.25) is 5.88 Å². The molecule has 0 atom stereocenters. The Hall–Kier alpha value is -4.08. The van der Waals surface area contributed by atoms with Gasteiger partial charge in [-0.15, -0.1) is 0 Å². The molecule has 2 amide bonds. The lowest BCUT2D eigenvalue weighted by Gasteiger charge is -2.42. The molecule has 1 spiro atoms. The third kappa shape index (κ3) is 5.09. The third-order valence-electron chi connectivity index (χ3n) is 6.64. The number of amides is 2. The van der Waals surface area contributed by atoms with E-state index in [1.54, 1.807) is 34.1 Å². The molecule has 10 heteroatoms. The Morgan fingerprint density at radius 3 is 2.19 bits per heavy atom. The predicted molar refractivity (Wildman–Crippen MR) is 128 cm³/mol. The van der Waals surface area contributed by atoms with Gasteiger partial charge in [-0.3, -0.25) is 9.59 Å². The van der Waals surface area contributed by atoms with Crippen molar-refractivity contribution in [3.8, 4) is 17.4 Å². The predicted octanol–water partition coefficient (Wildman–Crippen LogP) is 5.03. The van der Waals surface area contributed by atoms with E-state index in [2.05, 4.69) is 4.98 Å². The summed E-state index contributed by atoms with van der Waals surface area (Å²) in [5.41, 5.74) is -1.42. The summed E-state index contributed by atoms with van der Waals surface area (Å²) in [4.78, 5) is 33.2. The normalized spacial score (nSPS) is 16.4. The number of carbonyl (C=O) groups excluding carboxylic acids is 2. The van der Waals surface area contributed by atoms with Gasteiger partial charge >= 0.3 is 6.18 Å². The fourth-order valence-corrected chi connectivity index (χ4v) is 4.55. The summed E-state index contributed by atoms with van der Waals surface area (Å²) in [5, 5.41) is 0. The molecule has 5 rings (SSSR count). The number of hydrogen-bond donors (Lipinski definition) is 0. The molecule has 2 aromatic carbocycles. The Labute approximate surface area is 211 Å². The van der Waals surface area contributed by atoms with Crippen LogP contribution in [0.3, 0.4) is 0 Å². The first-order chi connectivity index (χ1) is 17.7. The van der Waals surface area contributed by atoms with Crippen molar-refractivity contribution in [2.75, 3.05) is 26.7 Å². The van der Waals surface area contributed by atoms with Crippen LogP contribution >= 0.6 is 0 Å². The molecule has 2 fully saturated rings.